The quantitative estimate of drug-likeness (QED) is 0.782. The Hall–Kier alpha value is -1.06. The third-order valence-corrected chi connectivity index (χ3v) is 4.17. The zero-order chi connectivity index (χ0) is 13.9. The standard InChI is InChI=1S/C16H25NO2/c1-12-6-7-14(15(18)10-12)13(2)17-11-16(19)8-4-3-5-9-16/h6-7,10,13,17-19H,3-5,8-9,11H2,1-2H3. The third-order valence-electron chi connectivity index (χ3n) is 4.17. The minimum Gasteiger partial charge on any atom is -0.508 e. The average Bonchev–Trinajstić information content (AvgIpc) is 2.37. The topological polar surface area (TPSA) is 52.5 Å². The molecule has 1 fully saturated rings. The van der Waals surface area contributed by atoms with Gasteiger partial charge >= 0.3 is 0 Å². The lowest BCUT2D eigenvalue weighted by Crippen LogP contribution is -2.42. The van der Waals surface area contributed by atoms with Crippen molar-refractivity contribution in [1.29, 1.82) is 0 Å². The molecule has 0 saturated heterocycles. The Morgan fingerprint density at radius 2 is 1.95 bits per heavy atom. The molecular weight excluding hydrogens is 238 g/mol. The van der Waals surface area contributed by atoms with Crippen molar-refractivity contribution in [3.8, 4) is 5.75 Å². The maximum absolute atomic E-state index is 10.5. The number of rotatable bonds is 4. The van der Waals surface area contributed by atoms with E-state index in [1.807, 2.05) is 26.0 Å². The summed E-state index contributed by atoms with van der Waals surface area (Å²) in [5, 5.41) is 23.8. The van der Waals surface area contributed by atoms with E-state index in [2.05, 4.69) is 5.32 Å². The van der Waals surface area contributed by atoms with Gasteiger partial charge in [-0.25, -0.2) is 0 Å². The summed E-state index contributed by atoms with van der Waals surface area (Å²) in [4.78, 5) is 0. The second kappa shape index (κ2) is 5.93. The van der Waals surface area contributed by atoms with Gasteiger partial charge in [-0.3, -0.25) is 0 Å². The van der Waals surface area contributed by atoms with E-state index in [1.165, 1.54) is 6.42 Å². The molecule has 1 atom stereocenters. The number of hydrogen-bond donors (Lipinski definition) is 3. The zero-order valence-corrected chi connectivity index (χ0v) is 11.9. The van der Waals surface area contributed by atoms with E-state index in [1.54, 1.807) is 6.07 Å². The maximum Gasteiger partial charge on any atom is 0.120 e. The van der Waals surface area contributed by atoms with Crippen LogP contribution in [0, 0.1) is 6.92 Å². The fourth-order valence-corrected chi connectivity index (χ4v) is 2.86. The van der Waals surface area contributed by atoms with E-state index >= 15 is 0 Å². The Morgan fingerprint density at radius 1 is 1.26 bits per heavy atom. The molecule has 106 valence electrons. The van der Waals surface area contributed by atoms with Gasteiger partial charge < -0.3 is 15.5 Å². The molecule has 0 aromatic heterocycles. The van der Waals surface area contributed by atoms with Crippen molar-refractivity contribution in [2.75, 3.05) is 6.54 Å². The van der Waals surface area contributed by atoms with Crippen LogP contribution < -0.4 is 5.32 Å². The van der Waals surface area contributed by atoms with Gasteiger partial charge in [0.25, 0.3) is 0 Å². The minimum absolute atomic E-state index is 0.0477. The van der Waals surface area contributed by atoms with Crippen LogP contribution in [-0.2, 0) is 0 Å². The van der Waals surface area contributed by atoms with Gasteiger partial charge in [0, 0.05) is 18.2 Å². The number of phenolic OH excluding ortho intramolecular Hbond substituents is 1. The number of phenols is 1. The molecule has 0 heterocycles. The first kappa shape index (κ1) is 14.4. The smallest absolute Gasteiger partial charge is 0.120 e. The molecule has 3 heteroatoms. The van der Waals surface area contributed by atoms with Crippen LogP contribution in [0.4, 0.5) is 0 Å². The summed E-state index contributed by atoms with van der Waals surface area (Å²) in [6.45, 7) is 4.59. The summed E-state index contributed by atoms with van der Waals surface area (Å²) >= 11 is 0. The van der Waals surface area contributed by atoms with Crippen LogP contribution in [0.25, 0.3) is 0 Å². The third kappa shape index (κ3) is 3.71. The lowest BCUT2D eigenvalue weighted by molar-refractivity contribution is 0.00294. The molecule has 0 spiro atoms. The molecule has 2 rings (SSSR count). The van der Waals surface area contributed by atoms with Crippen molar-refractivity contribution in [1.82, 2.24) is 5.32 Å². The Bertz CT molecular complexity index is 425. The minimum atomic E-state index is -0.563. The van der Waals surface area contributed by atoms with Gasteiger partial charge in [0.15, 0.2) is 0 Å². The molecular formula is C16H25NO2. The SMILES string of the molecule is Cc1ccc(C(C)NCC2(O)CCCCC2)c(O)c1. The van der Waals surface area contributed by atoms with E-state index < -0.39 is 5.60 Å². The first-order valence-corrected chi connectivity index (χ1v) is 7.25. The predicted molar refractivity (Wildman–Crippen MR) is 77.3 cm³/mol. The summed E-state index contributed by atoms with van der Waals surface area (Å²) in [5.74, 6) is 0.329. The molecule has 0 amide bonds. The molecule has 3 N–H and O–H groups in total. The van der Waals surface area contributed by atoms with Crippen LogP contribution in [-0.4, -0.2) is 22.4 Å². The van der Waals surface area contributed by atoms with E-state index in [0.717, 1.165) is 36.8 Å². The predicted octanol–water partition coefficient (Wildman–Crippen LogP) is 3.05. The molecule has 0 aliphatic heterocycles. The van der Waals surface area contributed by atoms with Crippen molar-refractivity contribution in [3.05, 3.63) is 29.3 Å². The average molecular weight is 263 g/mol. The van der Waals surface area contributed by atoms with Gasteiger partial charge in [0.05, 0.1) is 5.60 Å². The number of aryl methyl sites for hydroxylation is 1. The molecule has 1 unspecified atom stereocenters. The molecule has 3 nitrogen and oxygen atoms in total. The number of nitrogens with one attached hydrogen (secondary N) is 1. The van der Waals surface area contributed by atoms with Crippen molar-refractivity contribution in [2.45, 2.75) is 57.6 Å². The molecule has 0 bridgehead atoms. The summed E-state index contributed by atoms with van der Waals surface area (Å²) in [7, 11) is 0. The number of aliphatic hydroxyl groups is 1. The van der Waals surface area contributed by atoms with Crippen LogP contribution >= 0.6 is 0 Å². The monoisotopic (exact) mass is 263 g/mol. The molecule has 1 aromatic rings. The van der Waals surface area contributed by atoms with Crippen molar-refractivity contribution >= 4 is 0 Å². The number of hydrogen-bond acceptors (Lipinski definition) is 3. The van der Waals surface area contributed by atoms with Gasteiger partial charge in [0.1, 0.15) is 5.75 Å². The highest BCUT2D eigenvalue weighted by atomic mass is 16.3. The molecule has 0 radical (unpaired) electrons. The number of aromatic hydroxyl groups is 1. The molecule has 1 saturated carbocycles. The van der Waals surface area contributed by atoms with E-state index in [-0.39, 0.29) is 6.04 Å². The fourth-order valence-electron chi connectivity index (χ4n) is 2.86. The highest BCUT2D eigenvalue weighted by Crippen LogP contribution is 2.29. The van der Waals surface area contributed by atoms with E-state index in [9.17, 15) is 10.2 Å². The molecule has 19 heavy (non-hydrogen) atoms. The van der Waals surface area contributed by atoms with Crippen LogP contribution in [0.3, 0.4) is 0 Å². The lowest BCUT2D eigenvalue weighted by atomic mass is 9.84. The molecule has 1 aliphatic rings. The normalized spacial score (nSPS) is 20.2. The second-order valence-corrected chi connectivity index (χ2v) is 5.95. The van der Waals surface area contributed by atoms with Crippen molar-refractivity contribution < 1.29 is 10.2 Å². The highest BCUT2D eigenvalue weighted by molar-refractivity contribution is 5.37. The largest absolute Gasteiger partial charge is 0.508 e. The highest BCUT2D eigenvalue weighted by Gasteiger charge is 2.29. The van der Waals surface area contributed by atoms with E-state index in [4.69, 9.17) is 0 Å². The van der Waals surface area contributed by atoms with Gasteiger partial charge in [-0.05, 0) is 38.3 Å². The summed E-state index contributed by atoms with van der Waals surface area (Å²) in [6.07, 6.45) is 5.22. The Labute approximate surface area is 115 Å². The van der Waals surface area contributed by atoms with Crippen LogP contribution in [0.15, 0.2) is 18.2 Å². The Balaban J connectivity index is 1.95. The van der Waals surface area contributed by atoms with Crippen molar-refractivity contribution in [3.63, 3.8) is 0 Å². The molecule has 1 aliphatic carbocycles. The summed E-state index contributed by atoms with van der Waals surface area (Å²) in [6, 6.07) is 5.78. The maximum atomic E-state index is 10.5. The van der Waals surface area contributed by atoms with E-state index in [0.29, 0.717) is 12.3 Å². The first-order chi connectivity index (χ1) is 9.00. The Morgan fingerprint density at radius 3 is 2.58 bits per heavy atom. The van der Waals surface area contributed by atoms with Gasteiger partial charge in [-0.2, -0.15) is 0 Å². The Kier molecular flexibility index (Phi) is 4.48. The van der Waals surface area contributed by atoms with Crippen LogP contribution in [0.5, 0.6) is 5.75 Å². The summed E-state index contributed by atoms with van der Waals surface area (Å²) in [5.41, 5.74) is 1.39. The second-order valence-electron chi connectivity index (χ2n) is 5.95. The molecule has 1 aromatic carbocycles. The summed E-state index contributed by atoms with van der Waals surface area (Å²) < 4.78 is 0. The first-order valence-electron chi connectivity index (χ1n) is 7.25. The lowest BCUT2D eigenvalue weighted by Gasteiger charge is -2.33. The van der Waals surface area contributed by atoms with Crippen LogP contribution in [0.1, 0.15) is 56.2 Å². The van der Waals surface area contributed by atoms with Crippen molar-refractivity contribution in [2.24, 2.45) is 0 Å². The number of benzene rings is 1. The van der Waals surface area contributed by atoms with Crippen LogP contribution in [0.2, 0.25) is 0 Å². The zero-order valence-electron chi connectivity index (χ0n) is 11.9. The fraction of sp³-hybridized carbons (Fsp3) is 0.625. The van der Waals surface area contributed by atoms with Gasteiger partial charge in [-0.15, -0.1) is 0 Å². The van der Waals surface area contributed by atoms with Gasteiger partial charge in [0.2, 0.25) is 0 Å². The van der Waals surface area contributed by atoms with Gasteiger partial charge in [-0.1, -0.05) is 31.4 Å².